The Morgan fingerprint density at radius 3 is 0.968 bits per heavy atom. The fourth-order valence-corrected chi connectivity index (χ4v) is 5.77. The molecule has 0 saturated heterocycles. The fourth-order valence-electron chi connectivity index (χ4n) is 5.77. The first-order chi connectivity index (χ1) is 30.6. The lowest BCUT2D eigenvalue weighted by Gasteiger charge is -2.15. The summed E-state index contributed by atoms with van der Waals surface area (Å²) < 4.78 is 10.6. The Hall–Kier alpha value is -4.48. The van der Waals surface area contributed by atoms with Crippen molar-refractivity contribution in [2.24, 2.45) is 0 Å². The molecule has 0 aromatic rings. The third-order valence-corrected chi connectivity index (χ3v) is 9.32. The maximum atomic E-state index is 12.2. The molecule has 0 aliphatic carbocycles. The number of carbonyl (C=O) groups excluding carboxylic acids is 2. The zero-order chi connectivity index (χ0) is 44.9. The van der Waals surface area contributed by atoms with E-state index >= 15 is 0 Å². The van der Waals surface area contributed by atoms with E-state index in [4.69, 9.17) is 9.47 Å². The van der Waals surface area contributed by atoms with Crippen LogP contribution in [0.5, 0.6) is 0 Å². The zero-order valence-corrected chi connectivity index (χ0v) is 39.1. The quantitative estimate of drug-likeness (QED) is 0.0377. The van der Waals surface area contributed by atoms with Gasteiger partial charge in [0.1, 0.15) is 6.61 Å². The topological polar surface area (TPSA) is 72.8 Å². The molecule has 0 fully saturated rings. The Morgan fingerprint density at radius 2 is 0.645 bits per heavy atom. The number of esters is 2. The van der Waals surface area contributed by atoms with Crippen LogP contribution >= 0.6 is 0 Å². The van der Waals surface area contributed by atoms with Gasteiger partial charge in [-0.3, -0.25) is 9.59 Å². The summed E-state index contributed by atoms with van der Waals surface area (Å²) in [5.74, 6) is -0.672. The molecule has 344 valence electrons. The third kappa shape index (κ3) is 48.2. The Kier molecular flexibility index (Phi) is 47.2. The van der Waals surface area contributed by atoms with Crippen molar-refractivity contribution < 1.29 is 24.2 Å². The van der Waals surface area contributed by atoms with Crippen molar-refractivity contribution in [3.8, 4) is 0 Å². The summed E-state index contributed by atoms with van der Waals surface area (Å²) in [5, 5.41) is 9.58. The van der Waals surface area contributed by atoms with Gasteiger partial charge in [-0.25, -0.2) is 0 Å². The van der Waals surface area contributed by atoms with E-state index in [-0.39, 0.29) is 25.2 Å². The van der Waals surface area contributed by atoms with Gasteiger partial charge in [0.15, 0.2) is 6.10 Å². The second-order valence-electron chi connectivity index (χ2n) is 15.1. The van der Waals surface area contributed by atoms with Crippen molar-refractivity contribution in [2.45, 2.75) is 174 Å². The molecule has 0 amide bonds. The third-order valence-electron chi connectivity index (χ3n) is 9.32. The maximum absolute atomic E-state index is 12.2. The van der Waals surface area contributed by atoms with E-state index in [1.54, 1.807) is 0 Å². The van der Waals surface area contributed by atoms with Crippen molar-refractivity contribution >= 4 is 11.9 Å². The highest BCUT2D eigenvalue weighted by Crippen LogP contribution is 2.10. The molecule has 0 saturated carbocycles. The van der Waals surface area contributed by atoms with Gasteiger partial charge in [0.05, 0.1) is 6.61 Å². The predicted molar refractivity (Wildman–Crippen MR) is 269 cm³/mol. The van der Waals surface area contributed by atoms with Crippen LogP contribution in [0, 0.1) is 0 Å². The molecule has 1 atom stereocenters. The van der Waals surface area contributed by atoms with Crippen molar-refractivity contribution in [2.75, 3.05) is 13.2 Å². The van der Waals surface area contributed by atoms with E-state index in [0.29, 0.717) is 12.8 Å². The summed E-state index contributed by atoms with van der Waals surface area (Å²) in [5.41, 5.74) is 0. The Balaban J connectivity index is 3.72. The average Bonchev–Trinajstić information content (AvgIpc) is 3.28. The van der Waals surface area contributed by atoms with E-state index in [1.807, 2.05) is 0 Å². The molecule has 1 unspecified atom stereocenters. The average molecular weight is 851 g/mol. The van der Waals surface area contributed by atoms with Gasteiger partial charge in [-0.15, -0.1) is 0 Å². The predicted octanol–water partition coefficient (Wildman–Crippen LogP) is 16.1. The van der Waals surface area contributed by atoms with E-state index < -0.39 is 6.10 Å². The number of aliphatic hydroxyl groups is 1. The molecule has 0 heterocycles. The largest absolute Gasteiger partial charge is 0.462 e. The first-order valence-electron chi connectivity index (χ1n) is 24.0. The lowest BCUT2D eigenvalue weighted by Crippen LogP contribution is -2.28. The molecule has 0 aromatic carbocycles. The minimum atomic E-state index is -0.809. The van der Waals surface area contributed by atoms with Crippen LogP contribution in [0.25, 0.3) is 0 Å². The minimum absolute atomic E-state index is 0.103. The van der Waals surface area contributed by atoms with Crippen LogP contribution in [-0.2, 0) is 19.1 Å². The Morgan fingerprint density at radius 1 is 0.371 bits per heavy atom. The molecule has 0 spiro atoms. The van der Waals surface area contributed by atoms with Gasteiger partial charge in [-0.1, -0.05) is 191 Å². The molecule has 0 bridgehead atoms. The minimum Gasteiger partial charge on any atom is -0.462 e. The van der Waals surface area contributed by atoms with Gasteiger partial charge in [0.25, 0.3) is 0 Å². The lowest BCUT2D eigenvalue weighted by molar-refractivity contribution is -0.161. The fraction of sp³-hybridized carbons (Fsp3) is 0.509. The number of unbranched alkanes of at least 4 members (excludes halogenated alkanes) is 7. The second-order valence-corrected chi connectivity index (χ2v) is 15.1. The maximum Gasteiger partial charge on any atom is 0.306 e. The SMILES string of the molecule is CC/C=C\C/C=C\C/C=C\C/C=C\C/C=C\C/C=C\C/C=C\C/C=C\C/C=C\C/C=C\CCCCCCC(=O)OC(CO)COC(=O)CCCCC/C=C\C/C=C\C/C=C\CC. The Bertz CT molecular complexity index is 1420. The van der Waals surface area contributed by atoms with Crippen LogP contribution in [0.1, 0.15) is 168 Å². The summed E-state index contributed by atoms with van der Waals surface area (Å²) in [6, 6.07) is 0. The number of rotatable bonds is 41. The molecule has 1 N–H and O–H groups in total. The first kappa shape index (κ1) is 57.5. The van der Waals surface area contributed by atoms with E-state index in [9.17, 15) is 14.7 Å². The summed E-state index contributed by atoms with van der Waals surface area (Å²) in [6.07, 6.45) is 79.0. The molecule has 0 rings (SSSR count). The van der Waals surface area contributed by atoms with Gasteiger partial charge in [0.2, 0.25) is 0 Å². The van der Waals surface area contributed by atoms with Crippen molar-refractivity contribution in [3.63, 3.8) is 0 Å². The molecule has 5 heteroatoms. The normalized spacial score (nSPS) is 13.7. The highest BCUT2D eigenvalue weighted by molar-refractivity contribution is 5.70. The van der Waals surface area contributed by atoms with Crippen LogP contribution in [0.4, 0.5) is 0 Å². The summed E-state index contributed by atoms with van der Waals surface area (Å²) in [7, 11) is 0. The monoisotopic (exact) mass is 851 g/mol. The zero-order valence-electron chi connectivity index (χ0n) is 39.1. The Labute approximate surface area is 380 Å². The molecular weight excluding hydrogens is 765 g/mol. The number of hydrogen-bond acceptors (Lipinski definition) is 5. The molecule has 62 heavy (non-hydrogen) atoms. The molecular formula is C57H86O5. The van der Waals surface area contributed by atoms with Gasteiger partial charge < -0.3 is 14.6 Å². The molecule has 0 radical (unpaired) electrons. The van der Waals surface area contributed by atoms with Crippen molar-refractivity contribution in [1.29, 1.82) is 0 Å². The molecule has 0 aromatic heterocycles. The highest BCUT2D eigenvalue weighted by atomic mass is 16.6. The van der Waals surface area contributed by atoms with Gasteiger partial charge in [0, 0.05) is 12.8 Å². The molecule has 0 aliphatic rings. The van der Waals surface area contributed by atoms with Crippen LogP contribution in [0.3, 0.4) is 0 Å². The standard InChI is InChI=1S/C57H86O5/c1-3-5-7-9-11-13-15-17-18-19-20-21-22-23-24-25-26-27-28-29-30-31-32-33-34-35-36-37-38-40-42-44-46-48-50-52-57(60)62-55(53-58)54-61-56(59)51-49-47-45-43-41-39-16-14-12-10-8-6-4-2/h5-8,11-14,17-18,20-21,23-24,26-27,29-30,32-33,35-36,38-41,55,58H,3-4,9-10,15-16,19,22,25,28,31,34,37,42-54H2,1-2H3/b7-5-,8-6-,13-11-,14-12-,18-17-,21-20-,24-23-,27-26-,30-29-,33-32-,36-35-,40-38-,41-39-. The van der Waals surface area contributed by atoms with Gasteiger partial charge in [-0.2, -0.15) is 0 Å². The van der Waals surface area contributed by atoms with Crippen LogP contribution < -0.4 is 0 Å². The summed E-state index contributed by atoms with van der Waals surface area (Å²) in [6.45, 7) is 3.83. The number of hydrogen-bond donors (Lipinski definition) is 1. The highest BCUT2D eigenvalue weighted by Gasteiger charge is 2.16. The van der Waals surface area contributed by atoms with Crippen molar-refractivity contribution in [1.82, 2.24) is 0 Å². The van der Waals surface area contributed by atoms with E-state index in [0.717, 1.165) is 141 Å². The van der Waals surface area contributed by atoms with Crippen LogP contribution in [0.2, 0.25) is 0 Å². The number of ether oxygens (including phenoxy) is 2. The number of allylic oxidation sites excluding steroid dienone is 26. The number of aliphatic hydroxyl groups excluding tert-OH is 1. The van der Waals surface area contributed by atoms with Gasteiger partial charge >= 0.3 is 11.9 Å². The molecule has 5 nitrogen and oxygen atoms in total. The van der Waals surface area contributed by atoms with Crippen LogP contribution in [0.15, 0.2) is 158 Å². The van der Waals surface area contributed by atoms with Crippen LogP contribution in [-0.4, -0.2) is 36.4 Å². The first-order valence-corrected chi connectivity index (χ1v) is 24.0. The van der Waals surface area contributed by atoms with E-state index in [1.165, 1.54) is 0 Å². The smallest absolute Gasteiger partial charge is 0.306 e. The van der Waals surface area contributed by atoms with E-state index in [2.05, 4.69) is 172 Å². The lowest BCUT2D eigenvalue weighted by atomic mass is 10.1. The summed E-state index contributed by atoms with van der Waals surface area (Å²) >= 11 is 0. The second kappa shape index (κ2) is 50.9. The van der Waals surface area contributed by atoms with Gasteiger partial charge in [-0.05, 0) is 122 Å². The van der Waals surface area contributed by atoms with Crippen molar-refractivity contribution in [3.05, 3.63) is 158 Å². The molecule has 0 aliphatic heterocycles. The number of carbonyl (C=O) groups is 2. The summed E-state index contributed by atoms with van der Waals surface area (Å²) in [4.78, 5) is 24.3.